The Morgan fingerprint density at radius 1 is 1.13 bits per heavy atom. The van der Waals surface area contributed by atoms with E-state index in [-0.39, 0.29) is 18.3 Å². The zero-order chi connectivity index (χ0) is 20.9. The molecular formula is C23H22F2N4O. The summed E-state index contributed by atoms with van der Waals surface area (Å²) in [6.07, 6.45) is 3.52. The lowest BCUT2D eigenvalue weighted by atomic mass is 9.74. The van der Waals surface area contributed by atoms with E-state index in [1.54, 1.807) is 21.8 Å². The van der Waals surface area contributed by atoms with Crippen molar-refractivity contribution in [3.8, 4) is 11.1 Å². The first-order valence-corrected chi connectivity index (χ1v) is 9.99. The molecule has 30 heavy (non-hydrogen) atoms. The number of aromatic nitrogens is 2. The highest BCUT2D eigenvalue weighted by Gasteiger charge is 2.57. The average molecular weight is 408 g/mol. The summed E-state index contributed by atoms with van der Waals surface area (Å²) in [6, 6.07) is 12.7. The maximum atomic E-state index is 14.9. The van der Waals surface area contributed by atoms with Crippen molar-refractivity contribution in [2.45, 2.75) is 12.0 Å². The van der Waals surface area contributed by atoms with Gasteiger partial charge in [0.25, 0.3) is 0 Å². The molecular weight excluding hydrogens is 386 g/mol. The number of amides is 1. The lowest BCUT2D eigenvalue weighted by Crippen LogP contribution is -2.64. The first-order chi connectivity index (χ1) is 14.5. The minimum Gasteiger partial charge on any atom is -0.307 e. The van der Waals surface area contributed by atoms with Crippen LogP contribution < -0.4 is 4.90 Å². The number of aryl methyl sites for hydroxylation is 1. The van der Waals surface area contributed by atoms with E-state index in [9.17, 15) is 13.6 Å². The maximum absolute atomic E-state index is 14.9. The van der Waals surface area contributed by atoms with Crippen molar-refractivity contribution in [1.29, 1.82) is 0 Å². The van der Waals surface area contributed by atoms with Crippen LogP contribution >= 0.6 is 0 Å². The number of benzene rings is 2. The standard InChI is InChI=1S/C23H22F2N4O/c1-27-12-18(11-26-27)16-6-7-17(20(25)10-16)13-29-21-5-3-2-4-19(21)23(22(29)30)14-28(15-23)9-8-24/h2-7,10-12H,8-9,13-15H2,1H3. The van der Waals surface area contributed by atoms with E-state index in [0.717, 1.165) is 22.4 Å². The molecule has 1 saturated heterocycles. The number of carbonyl (C=O) groups is 1. The van der Waals surface area contributed by atoms with Crippen LogP contribution in [0.2, 0.25) is 0 Å². The third kappa shape index (κ3) is 2.84. The number of halogens is 2. The normalized spacial score (nSPS) is 17.4. The Hall–Kier alpha value is -3.06. The summed E-state index contributed by atoms with van der Waals surface area (Å²) in [5, 5.41) is 4.13. The molecule has 3 aromatic rings. The molecule has 0 radical (unpaired) electrons. The van der Waals surface area contributed by atoms with Crippen LogP contribution in [0.3, 0.4) is 0 Å². The number of alkyl halides is 1. The van der Waals surface area contributed by atoms with E-state index in [4.69, 9.17) is 0 Å². The molecule has 5 rings (SSSR count). The molecule has 0 N–H and O–H groups in total. The van der Waals surface area contributed by atoms with Crippen molar-refractivity contribution in [3.05, 3.63) is 71.8 Å². The summed E-state index contributed by atoms with van der Waals surface area (Å²) < 4.78 is 29.3. The molecule has 7 heteroatoms. The highest BCUT2D eigenvalue weighted by atomic mass is 19.1. The molecule has 154 valence electrons. The van der Waals surface area contributed by atoms with Gasteiger partial charge in [-0.05, 0) is 23.3 Å². The Bertz CT molecular complexity index is 1120. The van der Waals surface area contributed by atoms with Gasteiger partial charge in [-0.3, -0.25) is 14.4 Å². The van der Waals surface area contributed by atoms with E-state index < -0.39 is 12.1 Å². The molecule has 0 atom stereocenters. The Balaban J connectivity index is 1.43. The van der Waals surface area contributed by atoms with Crippen molar-refractivity contribution < 1.29 is 13.6 Å². The van der Waals surface area contributed by atoms with Crippen LogP contribution in [0.1, 0.15) is 11.1 Å². The van der Waals surface area contributed by atoms with Gasteiger partial charge in [0.1, 0.15) is 17.9 Å². The SMILES string of the molecule is Cn1cc(-c2ccc(CN3C(=O)C4(CN(CCF)C4)c4ccccc43)c(F)c2)cn1. The molecule has 0 saturated carbocycles. The van der Waals surface area contributed by atoms with Crippen molar-refractivity contribution in [2.75, 3.05) is 31.2 Å². The third-order valence-electron chi connectivity index (χ3n) is 6.17. The number of nitrogens with zero attached hydrogens (tertiary/aromatic N) is 4. The van der Waals surface area contributed by atoms with Crippen molar-refractivity contribution in [3.63, 3.8) is 0 Å². The van der Waals surface area contributed by atoms with E-state index in [2.05, 4.69) is 5.10 Å². The quantitative estimate of drug-likeness (QED) is 0.651. The lowest BCUT2D eigenvalue weighted by Gasteiger charge is -2.46. The highest BCUT2D eigenvalue weighted by Crippen LogP contribution is 2.47. The van der Waals surface area contributed by atoms with Gasteiger partial charge in [-0.1, -0.05) is 30.3 Å². The molecule has 1 amide bonds. The van der Waals surface area contributed by atoms with Crippen LogP contribution in [-0.2, 0) is 23.8 Å². The number of rotatable bonds is 5. The second-order valence-corrected chi connectivity index (χ2v) is 8.10. The number of para-hydroxylation sites is 1. The number of hydrogen-bond acceptors (Lipinski definition) is 3. The number of likely N-dealkylation sites (tertiary alicyclic amines) is 1. The third-order valence-corrected chi connectivity index (χ3v) is 6.17. The van der Waals surface area contributed by atoms with Gasteiger partial charge >= 0.3 is 0 Å². The van der Waals surface area contributed by atoms with Crippen LogP contribution in [0.15, 0.2) is 54.9 Å². The average Bonchev–Trinajstić information content (AvgIpc) is 3.24. The summed E-state index contributed by atoms with van der Waals surface area (Å²) in [5.41, 5.74) is 3.18. The number of hydrogen-bond donors (Lipinski definition) is 0. The van der Waals surface area contributed by atoms with Crippen molar-refractivity contribution in [2.24, 2.45) is 7.05 Å². The molecule has 5 nitrogen and oxygen atoms in total. The summed E-state index contributed by atoms with van der Waals surface area (Å²) >= 11 is 0. The first-order valence-electron chi connectivity index (χ1n) is 9.99. The van der Waals surface area contributed by atoms with E-state index in [0.29, 0.717) is 25.2 Å². The van der Waals surface area contributed by atoms with Gasteiger partial charge in [0.2, 0.25) is 5.91 Å². The molecule has 1 fully saturated rings. The minimum absolute atomic E-state index is 0.0328. The fourth-order valence-electron chi connectivity index (χ4n) is 4.65. The smallest absolute Gasteiger partial charge is 0.240 e. The summed E-state index contributed by atoms with van der Waals surface area (Å²) in [5.74, 6) is -0.384. The van der Waals surface area contributed by atoms with Crippen LogP contribution in [0.25, 0.3) is 11.1 Å². The molecule has 1 spiro atoms. The fourth-order valence-corrected chi connectivity index (χ4v) is 4.65. The summed E-state index contributed by atoms with van der Waals surface area (Å²) in [7, 11) is 1.82. The van der Waals surface area contributed by atoms with Gasteiger partial charge in [-0.25, -0.2) is 8.78 Å². The van der Waals surface area contributed by atoms with Crippen LogP contribution in [0, 0.1) is 5.82 Å². The van der Waals surface area contributed by atoms with Crippen LogP contribution in [0.4, 0.5) is 14.5 Å². The monoisotopic (exact) mass is 408 g/mol. The van der Waals surface area contributed by atoms with Crippen molar-refractivity contribution >= 4 is 11.6 Å². The van der Waals surface area contributed by atoms with E-state index in [1.807, 2.05) is 48.5 Å². The Morgan fingerprint density at radius 3 is 2.63 bits per heavy atom. The second-order valence-electron chi connectivity index (χ2n) is 8.10. The zero-order valence-corrected chi connectivity index (χ0v) is 16.7. The Morgan fingerprint density at radius 2 is 1.93 bits per heavy atom. The lowest BCUT2D eigenvalue weighted by molar-refractivity contribution is -0.129. The van der Waals surface area contributed by atoms with Crippen LogP contribution in [-0.4, -0.2) is 46.9 Å². The Labute approximate surface area is 173 Å². The molecule has 2 aromatic carbocycles. The zero-order valence-electron chi connectivity index (χ0n) is 16.7. The molecule has 0 unspecified atom stereocenters. The Kier molecular flexibility index (Phi) is 4.43. The predicted octanol–water partition coefficient (Wildman–Crippen LogP) is 3.30. The fraction of sp³-hybridized carbons (Fsp3) is 0.304. The molecule has 2 aliphatic rings. The van der Waals surface area contributed by atoms with Crippen molar-refractivity contribution in [1.82, 2.24) is 14.7 Å². The van der Waals surface area contributed by atoms with Gasteiger partial charge in [0.15, 0.2) is 0 Å². The van der Waals surface area contributed by atoms with E-state index >= 15 is 0 Å². The van der Waals surface area contributed by atoms with Gasteiger partial charge in [-0.15, -0.1) is 0 Å². The molecule has 0 bridgehead atoms. The largest absolute Gasteiger partial charge is 0.307 e. The molecule has 1 aromatic heterocycles. The number of carbonyl (C=O) groups excluding carboxylic acids is 1. The minimum atomic E-state index is -0.641. The second kappa shape index (κ2) is 7.02. The van der Waals surface area contributed by atoms with Gasteiger partial charge in [0.05, 0.1) is 12.7 Å². The maximum Gasteiger partial charge on any atom is 0.240 e. The van der Waals surface area contributed by atoms with Gasteiger partial charge in [-0.2, -0.15) is 5.10 Å². The molecule has 2 aliphatic heterocycles. The highest BCUT2D eigenvalue weighted by molar-refractivity contribution is 6.09. The first kappa shape index (κ1) is 18.9. The summed E-state index contributed by atoms with van der Waals surface area (Å²) in [6.45, 7) is 1.09. The number of anilines is 1. The molecule has 3 heterocycles. The molecule has 0 aliphatic carbocycles. The number of fused-ring (bicyclic) bond motifs is 2. The van der Waals surface area contributed by atoms with Crippen LogP contribution in [0.5, 0.6) is 0 Å². The predicted molar refractivity (Wildman–Crippen MR) is 110 cm³/mol. The summed E-state index contributed by atoms with van der Waals surface area (Å²) in [4.78, 5) is 17.0. The van der Waals surface area contributed by atoms with E-state index in [1.165, 1.54) is 6.07 Å². The topological polar surface area (TPSA) is 41.4 Å². The van der Waals surface area contributed by atoms with Gasteiger partial charge < -0.3 is 4.90 Å². The van der Waals surface area contributed by atoms with Gasteiger partial charge in [0, 0.05) is 49.7 Å².